The molecule has 0 radical (unpaired) electrons. The van der Waals surface area contributed by atoms with Gasteiger partial charge in [-0.2, -0.15) is 0 Å². The highest BCUT2D eigenvalue weighted by Crippen LogP contribution is 2.28. The van der Waals surface area contributed by atoms with Crippen molar-refractivity contribution in [3.63, 3.8) is 0 Å². The predicted molar refractivity (Wildman–Crippen MR) is 114 cm³/mol. The van der Waals surface area contributed by atoms with Gasteiger partial charge in [0.1, 0.15) is 6.10 Å². The van der Waals surface area contributed by atoms with Crippen LogP contribution < -0.4 is 15.4 Å². The largest absolute Gasteiger partial charge is 0.486 e. The molecule has 1 aromatic carbocycles. The quantitative estimate of drug-likeness (QED) is 0.221. The molecule has 1 fully saturated rings. The summed E-state index contributed by atoms with van der Waals surface area (Å²) in [7, 11) is 0. The zero-order chi connectivity index (χ0) is 17.9. The van der Waals surface area contributed by atoms with Crippen LogP contribution in [0.4, 0.5) is 4.39 Å². The van der Waals surface area contributed by atoms with Crippen molar-refractivity contribution in [1.82, 2.24) is 10.6 Å². The highest BCUT2D eigenvalue weighted by molar-refractivity contribution is 14.0. The number of halogens is 2. The van der Waals surface area contributed by atoms with Crippen LogP contribution in [0.3, 0.4) is 0 Å². The van der Waals surface area contributed by atoms with E-state index in [0.29, 0.717) is 6.54 Å². The minimum absolute atomic E-state index is 0. The molecular formula is C19H31FIN3O2. The first kappa shape index (κ1) is 23.0. The molecule has 148 valence electrons. The van der Waals surface area contributed by atoms with Crippen molar-refractivity contribution in [3.8, 4) is 5.75 Å². The molecule has 1 aromatic rings. The minimum atomic E-state index is -0.352. The predicted octanol–water partition coefficient (Wildman–Crippen LogP) is 3.58. The van der Waals surface area contributed by atoms with Crippen LogP contribution >= 0.6 is 24.0 Å². The van der Waals surface area contributed by atoms with Gasteiger partial charge in [0.15, 0.2) is 17.5 Å². The second-order valence-electron chi connectivity index (χ2n) is 6.38. The zero-order valence-corrected chi connectivity index (χ0v) is 18.0. The number of nitrogens with one attached hydrogen (secondary N) is 2. The first-order valence-electron chi connectivity index (χ1n) is 9.20. The maximum Gasteiger partial charge on any atom is 0.191 e. The number of nitrogens with zero attached hydrogens (tertiary/aromatic N) is 1. The van der Waals surface area contributed by atoms with E-state index in [1.165, 1.54) is 18.9 Å². The first-order valence-corrected chi connectivity index (χ1v) is 9.20. The molecule has 1 aliphatic carbocycles. The van der Waals surface area contributed by atoms with Crippen LogP contribution in [0.1, 0.15) is 33.1 Å². The monoisotopic (exact) mass is 479 g/mol. The highest BCUT2D eigenvalue weighted by Gasteiger charge is 2.20. The lowest BCUT2D eigenvalue weighted by Crippen LogP contribution is -2.38. The normalized spacial score (nSPS) is 15.1. The van der Waals surface area contributed by atoms with E-state index in [0.717, 1.165) is 44.6 Å². The summed E-state index contributed by atoms with van der Waals surface area (Å²) >= 11 is 0. The fourth-order valence-corrected chi connectivity index (χ4v) is 2.27. The van der Waals surface area contributed by atoms with E-state index in [1.807, 2.05) is 13.8 Å². The fraction of sp³-hybridized carbons (Fsp3) is 0.632. The van der Waals surface area contributed by atoms with Crippen molar-refractivity contribution < 1.29 is 13.9 Å². The zero-order valence-electron chi connectivity index (χ0n) is 15.7. The van der Waals surface area contributed by atoms with E-state index in [-0.39, 0.29) is 41.6 Å². The average molecular weight is 479 g/mol. The molecule has 1 aliphatic rings. The number of hydrogen-bond donors (Lipinski definition) is 2. The lowest BCUT2D eigenvalue weighted by atomic mass is 10.3. The van der Waals surface area contributed by atoms with Gasteiger partial charge in [-0.25, -0.2) is 9.38 Å². The molecular weight excluding hydrogens is 448 g/mol. The second-order valence-corrected chi connectivity index (χ2v) is 6.38. The van der Waals surface area contributed by atoms with Crippen LogP contribution in [-0.2, 0) is 4.74 Å². The van der Waals surface area contributed by atoms with Gasteiger partial charge in [-0.05, 0) is 51.2 Å². The Balaban J connectivity index is 0.00000338. The molecule has 26 heavy (non-hydrogen) atoms. The third-order valence-electron chi connectivity index (χ3n) is 3.82. The van der Waals surface area contributed by atoms with Crippen LogP contribution in [0.15, 0.2) is 29.3 Å². The second kappa shape index (κ2) is 13.1. The van der Waals surface area contributed by atoms with Crippen molar-refractivity contribution >= 4 is 29.9 Å². The molecule has 0 aromatic heterocycles. The Kier molecular flexibility index (Phi) is 11.6. The Bertz CT molecular complexity index is 541. The van der Waals surface area contributed by atoms with Gasteiger partial charge >= 0.3 is 0 Å². The molecule has 1 saturated carbocycles. The maximum absolute atomic E-state index is 13.6. The van der Waals surface area contributed by atoms with Gasteiger partial charge in [-0.1, -0.05) is 12.1 Å². The van der Waals surface area contributed by atoms with Crippen LogP contribution in [0.2, 0.25) is 0 Å². The summed E-state index contributed by atoms with van der Waals surface area (Å²) in [5.41, 5.74) is 0. The van der Waals surface area contributed by atoms with E-state index in [4.69, 9.17) is 9.47 Å². The number of rotatable bonds is 11. The van der Waals surface area contributed by atoms with E-state index in [9.17, 15) is 4.39 Å². The number of para-hydroxylation sites is 1. The average Bonchev–Trinajstić information content (AvgIpc) is 3.42. The third-order valence-corrected chi connectivity index (χ3v) is 3.82. The Morgan fingerprint density at radius 3 is 2.77 bits per heavy atom. The standard InChI is InChI=1S/C19H30FN3O2.HI/c1-3-21-19(22-11-6-12-24-14-16-9-10-16)23-13-15(2)25-18-8-5-4-7-17(18)20;/h4-5,7-8,15-16H,3,6,9-14H2,1-2H3,(H2,21,22,23);1H. The minimum Gasteiger partial charge on any atom is -0.486 e. The van der Waals surface area contributed by atoms with E-state index < -0.39 is 0 Å². The number of benzene rings is 1. The topological polar surface area (TPSA) is 54.9 Å². The van der Waals surface area contributed by atoms with Crippen LogP contribution in [-0.4, -0.2) is 44.9 Å². The first-order chi connectivity index (χ1) is 12.2. The molecule has 2 N–H and O–H groups in total. The van der Waals surface area contributed by atoms with E-state index >= 15 is 0 Å². The summed E-state index contributed by atoms with van der Waals surface area (Å²) < 4.78 is 24.8. The number of ether oxygens (including phenoxy) is 2. The van der Waals surface area contributed by atoms with Crippen molar-refractivity contribution in [2.75, 3.05) is 32.8 Å². The van der Waals surface area contributed by atoms with Gasteiger partial charge in [-0.15, -0.1) is 24.0 Å². The SMILES string of the molecule is CCNC(=NCC(C)Oc1ccccc1F)NCCCOCC1CC1.I. The molecule has 0 heterocycles. The summed E-state index contributed by atoms with van der Waals surface area (Å²) in [4.78, 5) is 4.50. The van der Waals surface area contributed by atoms with Crippen molar-refractivity contribution in [2.24, 2.45) is 10.9 Å². The van der Waals surface area contributed by atoms with Gasteiger partial charge in [0.25, 0.3) is 0 Å². The third kappa shape index (κ3) is 9.56. The number of aliphatic imine (C=N–C) groups is 1. The lowest BCUT2D eigenvalue weighted by molar-refractivity contribution is 0.123. The van der Waals surface area contributed by atoms with Gasteiger partial charge < -0.3 is 20.1 Å². The molecule has 0 saturated heterocycles. The Hall–Kier alpha value is -1.09. The van der Waals surface area contributed by atoms with Crippen LogP contribution in [0.5, 0.6) is 5.75 Å². The molecule has 0 spiro atoms. The summed E-state index contributed by atoms with van der Waals surface area (Å²) in [6, 6.07) is 6.42. The number of guanidine groups is 1. The van der Waals surface area contributed by atoms with Crippen molar-refractivity contribution in [1.29, 1.82) is 0 Å². The molecule has 5 nitrogen and oxygen atoms in total. The van der Waals surface area contributed by atoms with Crippen molar-refractivity contribution in [3.05, 3.63) is 30.1 Å². The highest BCUT2D eigenvalue weighted by atomic mass is 127. The van der Waals surface area contributed by atoms with Crippen molar-refractivity contribution in [2.45, 2.75) is 39.2 Å². The maximum atomic E-state index is 13.6. The Morgan fingerprint density at radius 1 is 1.31 bits per heavy atom. The molecule has 1 atom stereocenters. The van der Waals surface area contributed by atoms with E-state index in [2.05, 4.69) is 15.6 Å². The van der Waals surface area contributed by atoms with Gasteiger partial charge in [0, 0.05) is 26.3 Å². The summed E-state index contributed by atoms with van der Waals surface area (Å²) in [6.45, 7) is 7.61. The van der Waals surface area contributed by atoms with Gasteiger partial charge in [0.05, 0.1) is 6.54 Å². The van der Waals surface area contributed by atoms with Gasteiger partial charge in [0.2, 0.25) is 0 Å². The summed E-state index contributed by atoms with van der Waals surface area (Å²) in [5.74, 6) is 1.46. The van der Waals surface area contributed by atoms with E-state index in [1.54, 1.807) is 18.2 Å². The number of hydrogen-bond acceptors (Lipinski definition) is 3. The Labute approximate surface area is 173 Å². The van der Waals surface area contributed by atoms with Crippen LogP contribution in [0.25, 0.3) is 0 Å². The fourth-order valence-electron chi connectivity index (χ4n) is 2.27. The Morgan fingerprint density at radius 2 is 2.08 bits per heavy atom. The smallest absolute Gasteiger partial charge is 0.191 e. The molecule has 2 rings (SSSR count). The lowest BCUT2D eigenvalue weighted by Gasteiger charge is -2.15. The van der Waals surface area contributed by atoms with Gasteiger partial charge in [-0.3, -0.25) is 0 Å². The molecule has 1 unspecified atom stereocenters. The molecule has 0 aliphatic heterocycles. The molecule has 0 bridgehead atoms. The summed E-state index contributed by atoms with van der Waals surface area (Å²) in [5, 5.41) is 6.49. The molecule has 0 amide bonds. The summed E-state index contributed by atoms with van der Waals surface area (Å²) in [6.07, 6.45) is 3.37. The molecule has 7 heteroatoms. The van der Waals surface area contributed by atoms with Crippen LogP contribution in [0, 0.1) is 11.7 Å².